The molecule has 1 N–H and O–H groups in total. The number of pyridine rings is 1. The number of hydrogen-bond donors (Lipinski definition) is 1. The molecule has 2 saturated heterocycles. The fourth-order valence-electron chi connectivity index (χ4n) is 4.88. The molecular weight excluding hydrogens is 394 g/mol. The highest BCUT2D eigenvalue weighted by atomic mass is 35.5. The molecule has 0 spiro atoms. The van der Waals surface area contributed by atoms with Crippen molar-refractivity contribution in [3.63, 3.8) is 0 Å². The van der Waals surface area contributed by atoms with Crippen LogP contribution in [0.3, 0.4) is 0 Å². The molecule has 2 aliphatic heterocycles. The molecule has 0 unspecified atom stereocenters. The summed E-state index contributed by atoms with van der Waals surface area (Å²) < 4.78 is 0. The summed E-state index contributed by atoms with van der Waals surface area (Å²) in [6, 6.07) is 15.0. The van der Waals surface area contributed by atoms with Crippen molar-refractivity contribution in [3.8, 4) is 16.9 Å². The number of anilines is 1. The molecule has 5 rings (SSSR count). The van der Waals surface area contributed by atoms with Crippen molar-refractivity contribution in [2.75, 3.05) is 37.6 Å². The second-order valence-electron chi connectivity index (χ2n) is 8.59. The number of phenols is 1. The maximum atomic E-state index is 9.73. The topological polar surface area (TPSA) is 39.6 Å². The standard InChI is InChI=1S/C25H27ClN3O/c26-22-16-20(4-6-25(22)30)19-3-5-23-21(15-19)24(7-10-27-23)29-13-8-18(9-14-29)17-28-11-1-2-12-28/h3-6,10,15-16,18,30H,1-2,8-9,11-14,17H2. The third-order valence-corrected chi connectivity index (χ3v) is 6.89. The number of nitrogens with zero attached hydrogens (tertiary/aromatic N) is 3. The molecule has 30 heavy (non-hydrogen) atoms. The average molecular weight is 421 g/mol. The van der Waals surface area contributed by atoms with Gasteiger partial charge in [0.25, 0.3) is 0 Å². The Bertz CT molecular complexity index is 1040. The number of likely N-dealkylation sites (tertiary alicyclic amines) is 1. The second kappa shape index (κ2) is 8.44. The summed E-state index contributed by atoms with van der Waals surface area (Å²) in [7, 11) is 0. The number of hydrogen-bond acceptors (Lipinski definition) is 4. The van der Waals surface area contributed by atoms with Gasteiger partial charge < -0.3 is 14.9 Å². The maximum absolute atomic E-state index is 9.73. The van der Waals surface area contributed by atoms with Crippen LogP contribution in [0.2, 0.25) is 5.02 Å². The van der Waals surface area contributed by atoms with Gasteiger partial charge in [0.05, 0.1) is 16.2 Å². The van der Waals surface area contributed by atoms with Crippen molar-refractivity contribution in [3.05, 3.63) is 53.7 Å². The van der Waals surface area contributed by atoms with Crippen LogP contribution < -0.4 is 4.90 Å². The number of benzene rings is 2. The number of fused-ring (bicyclic) bond motifs is 1. The maximum Gasteiger partial charge on any atom is 0.134 e. The van der Waals surface area contributed by atoms with Gasteiger partial charge in [-0.15, -0.1) is 0 Å². The molecule has 2 aromatic carbocycles. The Balaban J connectivity index is 1.38. The van der Waals surface area contributed by atoms with Gasteiger partial charge in [-0.3, -0.25) is 4.98 Å². The first-order chi connectivity index (χ1) is 14.7. The molecule has 3 heterocycles. The van der Waals surface area contributed by atoms with E-state index < -0.39 is 0 Å². The van der Waals surface area contributed by atoms with Gasteiger partial charge in [-0.25, -0.2) is 0 Å². The van der Waals surface area contributed by atoms with E-state index in [1.54, 1.807) is 12.3 Å². The molecule has 5 heteroatoms. The molecule has 1 radical (unpaired) electrons. The predicted molar refractivity (Wildman–Crippen MR) is 123 cm³/mol. The molecule has 0 bridgehead atoms. The summed E-state index contributed by atoms with van der Waals surface area (Å²) in [5, 5.41) is 11.2. The predicted octanol–water partition coefficient (Wildman–Crippen LogP) is 5.37. The van der Waals surface area contributed by atoms with E-state index in [-0.39, 0.29) is 5.75 Å². The van der Waals surface area contributed by atoms with Gasteiger partial charge in [0.15, 0.2) is 0 Å². The van der Waals surface area contributed by atoms with Gasteiger partial charge in [-0.05, 0) is 80.1 Å². The van der Waals surface area contributed by atoms with E-state index in [1.807, 2.05) is 12.1 Å². The lowest BCUT2D eigenvalue weighted by Crippen LogP contribution is -2.38. The molecule has 0 saturated carbocycles. The molecule has 155 valence electrons. The zero-order chi connectivity index (χ0) is 20.5. The third kappa shape index (κ3) is 3.99. The first-order valence-corrected chi connectivity index (χ1v) is 11.3. The third-order valence-electron chi connectivity index (χ3n) is 6.58. The number of halogens is 1. The van der Waals surface area contributed by atoms with Crippen LogP contribution in [0.4, 0.5) is 5.69 Å². The van der Waals surface area contributed by atoms with Crippen LogP contribution in [-0.2, 0) is 0 Å². The van der Waals surface area contributed by atoms with Crippen molar-refractivity contribution >= 4 is 28.2 Å². The minimum Gasteiger partial charge on any atom is -0.506 e. The first kappa shape index (κ1) is 19.7. The highest BCUT2D eigenvalue weighted by Gasteiger charge is 2.24. The minimum absolute atomic E-state index is 0.105. The fraction of sp³-hybridized carbons (Fsp3) is 0.400. The molecule has 4 nitrogen and oxygen atoms in total. The molecule has 2 fully saturated rings. The summed E-state index contributed by atoms with van der Waals surface area (Å²) in [4.78, 5) is 9.64. The Morgan fingerprint density at radius 3 is 2.50 bits per heavy atom. The molecule has 1 aromatic heterocycles. The van der Waals surface area contributed by atoms with E-state index in [0.717, 1.165) is 46.7 Å². The summed E-state index contributed by atoms with van der Waals surface area (Å²) in [5.41, 5.74) is 4.18. The number of aromatic nitrogens is 1. The van der Waals surface area contributed by atoms with E-state index in [4.69, 9.17) is 11.6 Å². The molecular formula is C25H27ClN3O. The van der Waals surface area contributed by atoms with Gasteiger partial charge in [0.1, 0.15) is 5.75 Å². The zero-order valence-electron chi connectivity index (χ0n) is 17.1. The van der Waals surface area contributed by atoms with Gasteiger partial charge in [-0.1, -0.05) is 23.7 Å². The lowest BCUT2D eigenvalue weighted by atomic mass is 9.95. The van der Waals surface area contributed by atoms with E-state index in [9.17, 15) is 5.11 Å². The Labute approximate surface area is 183 Å². The zero-order valence-corrected chi connectivity index (χ0v) is 17.9. The summed E-state index contributed by atoms with van der Waals surface area (Å²) >= 11 is 6.13. The van der Waals surface area contributed by atoms with Gasteiger partial charge >= 0.3 is 0 Å². The van der Waals surface area contributed by atoms with Crippen molar-refractivity contribution in [2.45, 2.75) is 25.7 Å². The van der Waals surface area contributed by atoms with Crippen molar-refractivity contribution in [1.29, 1.82) is 0 Å². The Morgan fingerprint density at radius 2 is 1.73 bits per heavy atom. The molecule has 2 aliphatic rings. The molecule has 0 atom stereocenters. The normalized spacial score (nSPS) is 18.4. The quantitative estimate of drug-likeness (QED) is 0.615. The first-order valence-electron chi connectivity index (χ1n) is 10.9. The largest absolute Gasteiger partial charge is 0.506 e. The molecule has 3 aromatic rings. The lowest BCUT2D eigenvalue weighted by molar-refractivity contribution is 0.249. The Morgan fingerprint density at radius 1 is 1.00 bits per heavy atom. The summed E-state index contributed by atoms with van der Waals surface area (Å²) in [5.74, 6) is 0.913. The number of phenolic OH excluding ortho intramolecular Hbond substituents is 1. The van der Waals surface area contributed by atoms with Crippen LogP contribution in [0.15, 0.2) is 42.6 Å². The van der Waals surface area contributed by atoms with E-state index >= 15 is 0 Å². The SMILES string of the molecule is Oc1ccc(-c2ccc3nc[c]c(N4CCC(CN5CCCC5)CC4)c3c2)cc1Cl. The van der Waals surface area contributed by atoms with Crippen LogP contribution >= 0.6 is 11.6 Å². The number of rotatable bonds is 4. The fourth-order valence-corrected chi connectivity index (χ4v) is 5.06. The van der Waals surface area contributed by atoms with Crippen LogP contribution in [0, 0.1) is 12.0 Å². The van der Waals surface area contributed by atoms with Crippen molar-refractivity contribution in [1.82, 2.24) is 9.88 Å². The Kier molecular flexibility index (Phi) is 5.53. The minimum atomic E-state index is 0.105. The lowest BCUT2D eigenvalue weighted by Gasteiger charge is -2.35. The van der Waals surface area contributed by atoms with E-state index in [1.165, 1.54) is 45.3 Å². The van der Waals surface area contributed by atoms with Crippen molar-refractivity contribution < 1.29 is 5.11 Å². The summed E-state index contributed by atoms with van der Waals surface area (Å²) in [6.07, 6.45) is 7.00. The second-order valence-corrected chi connectivity index (χ2v) is 8.99. The van der Waals surface area contributed by atoms with E-state index in [0.29, 0.717) is 5.02 Å². The van der Waals surface area contributed by atoms with Gasteiger partial charge in [0.2, 0.25) is 0 Å². The highest BCUT2D eigenvalue weighted by Crippen LogP contribution is 2.34. The van der Waals surface area contributed by atoms with Crippen LogP contribution in [0.5, 0.6) is 5.75 Å². The number of aromatic hydroxyl groups is 1. The van der Waals surface area contributed by atoms with Gasteiger partial charge in [0, 0.05) is 37.3 Å². The summed E-state index contributed by atoms with van der Waals surface area (Å²) in [6.45, 7) is 5.98. The van der Waals surface area contributed by atoms with Crippen LogP contribution in [-0.4, -0.2) is 47.7 Å². The smallest absolute Gasteiger partial charge is 0.134 e. The van der Waals surface area contributed by atoms with E-state index in [2.05, 4.69) is 39.0 Å². The van der Waals surface area contributed by atoms with Crippen LogP contribution in [0.1, 0.15) is 25.7 Å². The highest BCUT2D eigenvalue weighted by molar-refractivity contribution is 6.32. The van der Waals surface area contributed by atoms with Crippen molar-refractivity contribution in [2.24, 2.45) is 5.92 Å². The van der Waals surface area contributed by atoms with Crippen LogP contribution in [0.25, 0.3) is 22.0 Å². The van der Waals surface area contributed by atoms with Gasteiger partial charge in [-0.2, -0.15) is 0 Å². The Hall–Kier alpha value is -2.30. The number of piperidine rings is 1. The average Bonchev–Trinajstić information content (AvgIpc) is 3.28. The monoisotopic (exact) mass is 420 g/mol. The molecule has 0 amide bonds. The molecule has 0 aliphatic carbocycles.